The maximum atomic E-state index is 12.0. The zero-order valence-corrected chi connectivity index (χ0v) is 16.3. The first-order valence-corrected chi connectivity index (χ1v) is 9.29. The van der Waals surface area contributed by atoms with Gasteiger partial charge in [0, 0.05) is 30.4 Å². The Hall–Kier alpha value is -3.22. The second kappa shape index (κ2) is 9.12. The fourth-order valence-corrected chi connectivity index (χ4v) is 3.14. The highest BCUT2D eigenvalue weighted by Crippen LogP contribution is 2.29. The summed E-state index contributed by atoms with van der Waals surface area (Å²) in [7, 11) is 3.17. The zero-order chi connectivity index (χ0) is 19.9. The number of piperidine rings is 1. The molecule has 1 saturated heterocycles. The summed E-state index contributed by atoms with van der Waals surface area (Å²) in [6.07, 6.45) is 2.66. The van der Waals surface area contributed by atoms with Gasteiger partial charge >= 0.3 is 0 Å². The molecule has 0 radical (unpaired) electrons. The summed E-state index contributed by atoms with van der Waals surface area (Å²) < 4.78 is 10.5. The van der Waals surface area contributed by atoms with Crippen molar-refractivity contribution in [1.82, 2.24) is 0 Å². The molecule has 28 heavy (non-hydrogen) atoms. The van der Waals surface area contributed by atoms with E-state index in [2.05, 4.69) is 10.3 Å². The van der Waals surface area contributed by atoms with E-state index in [1.807, 2.05) is 35.2 Å². The fourth-order valence-electron chi connectivity index (χ4n) is 3.14. The van der Waals surface area contributed by atoms with Gasteiger partial charge in [-0.1, -0.05) is 12.1 Å². The van der Waals surface area contributed by atoms with Crippen LogP contribution in [0.3, 0.4) is 0 Å². The Labute approximate surface area is 165 Å². The second-order valence-corrected chi connectivity index (χ2v) is 6.57. The van der Waals surface area contributed by atoms with Gasteiger partial charge in [-0.25, -0.2) is 4.99 Å². The van der Waals surface area contributed by atoms with E-state index < -0.39 is 0 Å². The number of guanidine groups is 1. The van der Waals surface area contributed by atoms with Crippen LogP contribution in [0.1, 0.15) is 24.8 Å². The summed E-state index contributed by atoms with van der Waals surface area (Å²) in [5, 5.41) is 3.05. The van der Waals surface area contributed by atoms with E-state index >= 15 is 0 Å². The lowest BCUT2D eigenvalue weighted by molar-refractivity contribution is -0.119. The molecule has 2 aromatic carbocycles. The number of aliphatic imine (C=N–C) groups is 1. The Morgan fingerprint density at radius 3 is 2.54 bits per heavy atom. The van der Waals surface area contributed by atoms with Gasteiger partial charge in [-0.05, 0) is 42.7 Å². The number of anilines is 2. The van der Waals surface area contributed by atoms with Crippen LogP contribution in [-0.2, 0) is 11.3 Å². The van der Waals surface area contributed by atoms with Crippen molar-refractivity contribution in [2.45, 2.75) is 25.8 Å². The molecular formula is C21H26N4O3. The number of nitrogens with zero attached hydrogens (tertiary/aromatic N) is 2. The number of hydrogen-bond donors (Lipinski definition) is 2. The lowest BCUT2D eigenvalue weighted by atomic mass is 10.1. The molecule has 0 aromatic heterocycles. The average Bonchev–Trinajstić information content (AvgIpc) is 2.73. The van der Waals surface area contributed by atoms with Gasteiger partial charge in [0.2, 0.25) is 5.91 Å². The third kappa shape index (κ3) is 4.73. The number of ether oxygens (including phenoxy) is 2. The van der Waals surface area contributed by atoms with E-state index in [0.29, 0.717) is 30.4 Å². The minimum Gasteiger partial charge on any atom is -0.493 e. The third-order valence-electron chi connectivity index (χ3n) is 4.66. The van der Waals surface area contributed by atoms with Gasteiger partial charge in [-0.15, -0.1) is 0 Å². The molecule has 2 aromatic rings. The van der Waals surface area contributed by atoms with Crippen molar-refractivity contribution in [3.05, 3.63) is 48.0 Å². The van der Waals surface area contributed by atoms with Gasteiger partial charge in [0.15, 0.2) is 17.5 Å². The van der Waals surface area contributed by atoms with Crippen LogP contribution in [0.25, 0.3) is 0 Å². The average molecular weight is 382 g/mol. The summed E-state index contributed by atoms with van der Waals surface area (Å²) in [4.78, 5) is 18.2. The van der Waals surface area contributed by atoms with Gasteiger partial charge in [0.1, 0.15) is 0 Å². The van der Waals surface area contributed by atoms with E-state index in [1.165, 1.54) is 0 Å². The highest BCUT2D eigenvalue weighted by molar-refractivity contribution is 5.94. The molecule has 0 atom stereocenters. The summed E-state index contributed by atoms with van der Waals surface area (Å²) in [6.45, 7) is 1.23. The number of carbonyl (C=O) groups excluding carboxylic acids is 1. The Balaban J connectivity index is 1.61. The first kappa shape index (κ1) is 19.5. The highest BCUT2D eigenvalue weighted by atomic mass is 16.5. The van der Waals surface area contributed by atoms with Crippen LogP contribution in [0.15, 0.2) is 47.5 Å². The van der Waals surface area contributed by atoms with Gasteiger partial charge in [-0.2, -0.15) is 0 Å². The second-order valence-electron chi connectivity index (χ2n) is 6.57. The van der Waals surface area contributed by atoms with Crippen LogP contribution in [0.2, 0.25) is 0 Å². The molecule has 1 fully saturated rings. The molecule has 0 spiro atoms. The Kier molecular flexibility index (Phi) is 6.37. The first-order valence-electron chi connectivity index (χ1n) is 9.29. The molecule has 1 aliphatic heterocycles. The van der Waals surface area contributed by atoms with E-state index in [9.17, 15) is 4.79 Å². The van der Waals surface area contributed by atoms with Gasteiger partial charge in [0.05, 0.1) is 20.8 Å². The fraction of sp³-hybridized carbons (Fsp3) is 0.333. The molecule has 148 valence electrons. The topological polar surface area (TPSA) is 89.2 Å². The predicted molar refractivity (Wildman–Crippen MR) is 111 cm³/mol. The van der Waals surface area contributed by atoms with Crippen molar-refractivity contribution in [2.75, 3.05) is 31.0 Å². The molecule has 1 aliphatic rings. The molecule has 7 nitrogen and oxygen atoms in total. The number of amides is 1. The lowest BCUT2D eigenvalue weighted by Gasteiger charge is -2.26. The number of carbonyl (C=O) groups is 1. The molecule has 0 bridgehead atoms. The maximum absolute atomic E-state index is 12.0. The number of methoxy groups -OCH3 is 2. The Morgan fingerprint density at radius 2 is 1.86 bits per heavy atom. The molecule has 0 aliphatic carbocycles. The number of rotatable bonds is 6. The number of benzene rings is 2. The van der Waals surface area contributed by atoms with Crippen LogP contribution in [-0.4, -0.2) is 32.6 Å². The molecule has 0 unspecified atom stereocenters. The third-order valence-corrected chi connectivity index (χ3v) is 4.66. The molecular weight excluding hydrogens is 356 g/mol. The van der Waals surface area contributed by atoms with Crippen molar-refractivity contribution >= 4 is 23.2 Å². The largest absolute Gasteiger partial charge is 0.493 e. The van der Waals surface area contributed by atoms with E-state index in [0.717, 1.165) is 36.3 Å². The number of nitrogens with one attached hydrogen (secondary N) is 1. The summed E-state index contributed by atoms with van der Waals surface area (Å²) in [5.74, 6) is 1.77. The minimum absolute atomic E-state index is 0.195. The Morgan fingerprint density at radius 1 is 1.11 bits per heavy atom. The molecule has 1 amide bonds. The summed E-state index contributed by atoms with van der Waals surface area (Å²) in [6, 6.07) is 13.3. The van der Waals surface area contributed by atoms with E-state index in [4.69, 9.17) is 15.2 Å². The first-order chi connectivity index (χ1) is 13.6. The molecule has 7 heteroatoms. The minimum atomic E-state index is 0.195. The van der Waals surface area contributed by atoms with Crippen LogP contribution < -0.4 is 25.4 Å². The van der Waals surface area contributed by atoms with Crippen LogP contribution in [0.5, 0.6) is 11.5 Å². The molecule has 0 saturated carbocycles. The molecule has 1 heterocycles. The normalized spacial score (nSPS) is 14.7. The summed E-state index contributed by atoms with van der Waals surface area (Å²) in [5.41, 5.74) is 8.71. The Bertz CT molecular complexity index is 849. The van der Waals surface area contributed by atoms with E-state index in [-0.39, 0.29) is 5.91 Å². The smallest absolute Gasteiger partial charge is 0.226 e. The van der Waals surface area contributed by atoms with Crippen LogP contribution in [0, 0.1) is 0 Å². The zero-order valence-electron chi connectivity index (χ0n) is 16.3. The predicted octanol–water partition coefficient (Wildman–Crippen LogP) is 3.15. The van der Waals surface area contributed by atoms with Crippen molar-refractivity contribution in [3.8, 4) is 11.5 Å². The van der Waals surface area contributed by atoms with E-state index in [1.54, 1.807) is 26.4 Å². The number of hydrogen-bond acceptors (Lipinski definition) is 4. The maximum Gasteiger partial charge on any atom is 0.226 e. The van der Waals surface area contributed by atoms with Gasteiger partial charge in [-0.3, -0.25) is 4.79 Å². The number of nitrogens with two attached hydrogens (primary N) is 1. The lowest BCUT2D eigenvalue weighted by Crippen LogP contribution is -2.35. The van der Waals surface area contributed by atoms with Crippen molar-refractivity contribution < 1.29 is 14.3 Å². The van der Waals surface area contributed by atoms with Crippen LogP contribution >= 0.6 is 0 Å². The highest BCUT2D eigenvalue weighted by Gasteiger charge is 2.19. The molecule has 3 N–H and O–H groups in total. The van der Waals surface area contributed by atoms with Crippen molar-refractivity contribution in [1.29, 1.82) is 0 Å². The standard InChI is InChI=1S/C21H26N4O3/c1-27-18-11-8-16(13-19(18)28-2)24-21(22)23-14-15-6-9-17(10-7-15)25-12-4-3-5-20(25)26/h6-11,13H,3-5,12,14H2,1-2H3,(H3,22,23,24). The SMILES string of the molecule is COc1ccc(NC(N)=NCc2ccc(N3CCCCC3=O)cc2)cc1OC. The van der Waals surface area contributed by atoms with Crippen molar-refractivity contribution in [3.63, 3.8) is 0 Å². The summed E-state index contributed by atoms with van der Waals surface area (Å²) >= 11 is 0. The van der Waals surface area contributed by atoms with Crippen molar-refractivity contribution in [2.24, 2.45) is 10.7 Å². The van der Waals surface area contributed by atoms with Gasteiger partial charge < -0.3 is 25.4 Å². The van der Waals surface area contributed by atoms with Crippen LogP contribution in [0.4, 0.5) is 11.4 Å². The quantitative estimate of drug-likeness (QED) is 0.592. The molecule has 3 rings (SSSR count). The van der Waals surface area contributed by atoms with Gasteiger partial charge in [0.25, 0.3) is 0 Å². The monoisotopic (exact) mass is 382 g/mol.